The Morgan fingerprint density at radius 2 is 1.95 bits per heavy atom. The highest BCUT2D eigenvalue weighted by molar-refractivity contribution is 5.21. The highest BCUT2D eigenvalue weighted by atomic mass is 16.5. The molecule has 0 amide bonds. The quantitative estimate of drug-likeness (QED) is 0.925. The molecular weight excluding hydrogens is 260 g/mol. The van der Waals surface area contributed by atoms with Gasteiger partial charge in [-0.1, -0.05) is 30.3 Å². The number of nitrogens with zero attached hydrogens (tertiary/aromatic N) is 1. The summed E-state index contributed by atoms with van der Waals surface area (Å²) in [5, 5.41) is 3.71. The molecule has 0 spiro atoms. The maximum atomic E-state index is 5.58. The zero-order valence-corrected chi connectivity index (χ0v) is 13.5. The van der Waals surface area contributed by atoms with E-state index in [2.05, 4.69) is 54.4 Å². The molecule has 3 atom stereocenters. The number of piperazine rings is 1. The zero-order chi connectivity index (χ0) is 14.9. The van der Waals surface area contributed by atoms with Crippen LogP contribution in [0.1, 0.15) is 44.7 Å². The van der Waals surface area contributed by atoms with Gasteiger partial charge in [0.2, 0.25) is 0 Å². The Morgan fingerprint density at radius 3 is 2.62 bits per heavy atom. The van der Waals surface area contributed by atoms with Crippen LogP contribution in [0.25, 0.3) is 0 Å². The maximum absolute atomic E-state index is 5.58. The summed E-state index contributed by atoms with van der Waals surface area (Å²) in [6.07, 6.45) is 4.09. The molecule has 1 heterocycles. The van der Waals surface area contributed by atoms with Crippen molar-refractivity contribution in [2.45, 2.75) is 56.8 Å². The molecule has 0 bridgehead atoms. The second-order valence-corrected chi connectivity index (χ2v) is 7.19. The zero-order valence-electron chi connectivity index (χ0n) is 13.5. The van der Waals surface area contributed by atoms with E-state index < -0.39 is 0 Å². The number of methoxy groups -OCH3 is 1. The van der Waals surface area contributed by atoms with E-state index in [1.165, 1.54) is 24.8 Å². The van der Waals surface area contributed by atoms with E-state index in [0.29, 0.717) is 18.2 Å². The maximum Gasteiger partial charge on any atom is 0.0586 e. The van der Waals surface area contributed by atoms with Crippen LogP contribution in [0, 0.1) is 0 Å². The van der Waals surface area contributed by atoms with E-state index in [0.717, 1.165) is 13.1 Å². The molecule has 1 aromatic carbocycles. The molecule has 1 saturated carbocycles. The van der Waals surface area contributed by atoms with Crippen molar-refractivity contribution >= 4 is 0 Å². The van der Waals surface area contributed by atoms with Gasteiger partial charge in [-0.15, -0.1) is 0 Å². The smallest absolute Gasteiger partial charge is 0.0586 e. The highest BCUT2D eigenvalue weighted by Gasteiger charge is 2.39. The minimum Gasteiger partial charge on any atom is -0.381 e. The molecule has 0 aromatic heterocycles. The second-order valence-electron chi connectivity index (χ2n) is 7.19. The Bertz CT molecular complexity index is 460. The van der Waals surface area contributed by atoms with Crippen LogP contribution in [0.15, 0.2) is 30.3 Å². The normalized spacial score (nSPS) is 33.2. The molecule has 2 aliphatic rings. The first-order valence-electron chi connectivity index (χ1n) is 8.17. The SMILES string of the molecule is COC1CCC(N2CC(C)(C)NCC2c2ccccc2)C1. The topological polar surface area (TPSA) is 24.5 Å². The van der Waals surface area contributed by atoms with Crippen molar-refractivity contribution in [2.75, 3.05) is 20.2 Å². The van der Waals surface area contributed by atoms with Crippen molar-refractivity contribution in [3.8, 4) is 0 Å². The molecule has 3 nitrogen and oxygen atoms in total. The van der Waals surface area contributed by atoms with E-state index in [4.69, 9.17) is 4.74 Å². The lowest BCUT2D eigenvalue weighted by atomic mass is 9.92. The summed E-state index contributed by atoms with van der Waals surface area (Å²) < 4.78 is 5.58. The van der Waals surface area contributed by atoms with E-state index in [9.17, 15) is 0 Å². The average molecular weight is 288 g/mol. The van der Waals surface area contributed by atoms with Gasteiger partial charge >= 0.3 is 0 Å². The van der Waals surface area contributed by atoms with Crippen molar-refractivity contribution in [2.24, 2.45) is 0 Å². The first-order chi connectivity index (χ1) is 10.1. The summed E-state index contributed by atoms with van der Waals surface area (Å²) in [7, 11) is 1.85. The van der Waals surface area contributed by atoms with E-state index in [1.54, 1.807) is 0 Å². The van der Waals surface area contributed by atoms with Gasteiger partial charge in [0.05, 0.1) is 6.10 Å². The van der Waals surface area contributed by atoms with Gasteiger partial charge in [0, 0.05) is 37.8 Å². The van der Waals surface area contributed by atoms with Crippen LogP contribution in [0.3, 0.4) is 0 Å². The largest absolute Gasteiger partial charge is 0.381 e. The number of hydrogen-bond donors (Lipinski definition) is 1. The van der Waals surface area contributed by atoms with Crippen LogP contribution >= 0.6 is 0 Å². The van der Waals surface area contributed by atoms with Gasteiger partial charge in [-0.2, -0.15) is 0 Å². The summed E-state index contributed by atoms with van der Waals surface area (Å²) in [5.41, 5.74) is 1.62. The lowest BCUT2D eigenvalue weighted by Gasteiger charge is -2.47. The average Bonchev–Trinajstić information content (AvgIpc) is 2.96. The van der Waals surface area contributed by atoms with Crippen LogP contribution in [0.2, 0.25) is 0 Å². The molecule has 1 saturated heterocycles. The third-order valence-electron chi connectivity index (χ3n) is 5.10. The Hall–Kier alpha value is -0.900. The van der Waals surface area contributed by atoms with Gasteiger partial charge in [0.25, 0.3) is 0 Å². The minimum absolute atomic E-state index is 0.191. The monoisotopic (exact) mass is 288 g/mol. The summed E-state index contributed by atoms with van der Waals surface area (Å²) in [5.74, 6) is 0. The molecular formula is C18H28N2O. The number of benzene rings is 1. The van der Waals surface area contributed by atoms with Gasteiger partial charge in [-0.05, 0) is 38.7 Å². The lowest BCUT2D eigenvalue weighted by molar-refractivity contribution is 0.0427. The van der Waals surface area contributed by atoms with Crippen LogP contribution in [-0.4, -0.2) is 42.8 Å². The molecule has 21 heavy (non-hydrogen) atoms. The minimum atomic E-state index is 0.191. The third kappa shape index (κ3) is 3.31. The number of ether oxygens (including phenoxy) is 1. The fourth-order valence-electron chi connectivity index (χ4n) is 3.91. The van der Waals surface area contributed by atoms with E-state index >= 15 is 0 Å². The lowest BCUT2D eigenvalue weighted by Crippen LogP contribution is -2.60. The molecule has 2 fully saturated rings. The first-order valence-corrected chi connectivity index (χ1v) is 8.17. The fraction of sp³-hybridized carbons (Fsp3) is 0.667. The Balaban J connectivity index is 1.81. The Kier molecular flexibility index (Phi) is 4.34. The molecule has 3 heteroatoms. The van der Waals surface area contributed by atoms with E-state index in [-0.39, 0.29) is 5.54 Å². The van der Waals surface area contributed by atoms with Gasteiger partial charge < -0.3 is 10.1 Å². The number of rotatable bonds is 3. The van der Waals surface area contributed by atoms with Gasteiger partial charge in [0.15, 0.2) is 0 Å². The second kappa shape index (κ2) is 6.07. The summed E-state index contributed by atoms with van der Waals surface area (Å²) in [6.45, 7) is 6.76. The predicted molar refractivity (Wildman–Crippen MR) is 86.4 cm³/mol. The number of nitrogens with one attached hydrogen (secondary N) is 1. The van der Waals surface area contributed by atoms with Crippen LogP contribution in [0.5, 0.6) is 0 Å². The Morgan fingerprint density at radius 1 is 1.19 bits per heavy atom. The van der Waals surface area contributed by atoms with Crippen molar-refractivity contribution in [1.82, 2.24) is 10.2 Å². The van der Waals surface area contributed by atoms with Gasteiger partial charge in [-0.25, -0.2) is 0 Å². The fourth-order valence-corrected chi connectivity index (χ4v) is 3.91. The molecule has 1 N–H and O–H groups in total. The molecule has 116 valence electrons. The van der Waals surface area contributed by atoms with Crippen molar-refractivity contribution < 1.29 is 4.74 Å². The first kappa shape index (κ1) is 15.0. The van der Waals surface area contributed by atoms with Crippen LogP contribution < -0.4 is 5.32 Å². The van der Waals surface area contributed by atoms with E-state index in [1.807, 2.05) is 7.11 Å². The van der Waals surface area contributed by atoms with Crippen LogP contribution in [-0.2, 0) is 4.74 Å². The summed E-state index contributed by atoms with van der Waals surface area (Å²) in [4.78, 5) is 2.73. The van der Waals surface area contributed by atoms with Gasteiger partial charge in [-0.3, -0.25) is 4.90 Å². The van der Waals surface area contributed by atoms with Crippen molar-refractivity contribution in [3.63, 3.8) is 0 Å². The molecule has 1 aliphatic heterocycles. The molecule has 3 rings (SSSR count). The van der Waals surface area contributed by atoms with Crippen LogP contribution in [0.4, 0.5) is 0 Å². The van der Waals surface area contributed by atoms with Crippen molar-refractivity contribution in [1.29, 1.82) is 0 Å². The van der Waals surface area contributed by atoms with Gasteiger partial charge in [0.1, 0.15) is 0 Å². The summed E-state index contributed by atoms with van der Waals surface area (Å²) >= 11 is 0. The van der Waals surface area contributed by atoms with Crippen molar-refractivity contribution in [3.05, 3.63) is 35.9 Å². The highest BCUT2D eigenvalue weighted by Crippen LogP contribution is 2.35. The molecule has 1 aliphatic carbocycles. The molecule has 3 unspecified atom stereocenters. The summed E-state index contributed by atoms with van der Waals surface area (Å²) in [6, 6.07) is 12.1. The molecule has 1 aromatic rings. The third-order valence-corrected chi connectivity index (χ3v) is 5.10. The Labute approximate surface area is 128 Å². The predicted octanol–water partition coefficient (Wildman–Crippen LogP) is 2.98. The molecule has 0 radical (unpaired) electrons. The number of hydrogen-bond acceptors (Lipinski definition) is 3. The standard InChI is InChI=1S/C18H28N2O/c1-18(2)13-20(15-9-10-16(11-15)21-3)17(12-19-18)14-7-5-4-6-8-14/h4-8,15-17,19H,9-13H2,1-3H3.